The molecule has 0 saturated heterocycles. The van der Waals surface area contributed by atoms with E-state index >= 15 is 0 Å². The van der Waals surface area contributed by atoms with Crippen LogP contribution in [0.3, 0.4) is 0 Å². The minimum atomic E-state index is -0.185. The van der Waals surface area contributed by atoms with E-state index in [1.54, 1.807) is 16.7 Å². The fraction of sp³-hybridized carbons (Fsp3) is 0.333. The molecule has 0 saturated carbocycles. The van der Waals surface area contributed by atoms with Gasteiger partial charge in [0.15, 0.2) is 0 Å². The number of benzene rings is 2. The topological polar surface area (TPSA) is 52.7 Å². The molecule has 0 aromatic heterocycles. The second-order valence-corrected chi connectivity index (χ2v) is 7.78. The van der Waals surface area contributed by atoms with Crippen LogP contribution in [0.25, 0.3) is 0 Å². The number of fused-ring (bicyclic) bond motifs is 1. The maximum absolute atomic E-state index is 13.1. The Hall–Kier alpha value is -2.31. The molecule has 0 spiro atoms. The highest BCUT2D eigenvalue weighted by atomic mass is 32.2. The van der Waals surface area contributed by atoms with Gasteiger partial charge in [0.2, 0.25) is 11.8 Å². The molecule has 3 rings (SSSR count). The van der Waals surface area contributed by atoms with E-state index < -0.39 is 0 Å². The summed E-state index contributed by atoms with van der Waals surface area (Å²) < 4.78 is 0. The Morgan fingerprint density at radius 3 is 2.63 bits per heavy atom. The molecule has 5 nitrogen and oxygen atoms in total. The van der Waals surface area contributed by atoms with Crippen LogP contribution >= 0.6 is 11.8 Å². The quantitative estimate of drug-likeness (QED) is 0.802. The van der Waals surface area contributed by atoms with E-state index in [4.69, 9.17) is 0 Å². The van der Waals surface area contributed by atoms with Crippen LogP contribution in [-0.4, -0.2) is 42.6 Å². The molecule has 0 radical (unpaired) electrons. The van der Waals surface area contributed by atoms with E-state index in [1.807, 2.05) is 43.1 Å². The predicted octanol–water partition coefficient (Wildman–Crippen LogP) is 3.60. The monoisotopic (exact) mass is 383 g/mol. The second kappa shape index (κ2) is 8.59. The summed E-state index contributed by atoms with van der Waals surface area (Å²) in [5.41, 5.74) is 2.62. The van der Waals surface area contributed by atoms with Gasteiger partial charge in [-0.25, -0.2) is 0 Å². The summed E-state index contributed by atoms with van der Waals surface area (Å²) in [5, 5.41) is 2.89. The Morgan fingerprint density at radius 2 is 1.93 bits per heavy atom. The van der Waals surface area contributed by atoms with E-state index in [0.29, 0.717) is 18.7 Å². The van der Waals surface area contributed by atoms with Crippen LogP contribution < -0.4 is 10.2 Å². The molecule has 0 aliphatic carbocycles. The zero-order valence-corrected chi connectivity index (χ0v) is 16.8. The van der Waals surface area contributed by atoms with Crippen molar-refractivity contribution >= 4 is 35.0 Å². The van der Waals surface area contributed by atoms with Gasteiger partial charge in [0.05, 0.1) is 17.9 Å². The molecule has 1 N–H and O–H groups in total. The lowest BCUT2D eigenvalue weighted by atomic mass is 10.1. The van der Waals surface area contributed by atoms with Gasteiger partial charge in [0.25, 0.3) is 0 Å². The Balaban J connectivity index is 1.73. The summed E-state index contributed by atoms with van der Waals surface area (Å²) >= 11 is 1.71. The van der Waals surface area contributed by atoms with Crippen LogP contribution in [0.2, 0.25) is 0 Å². The van der Waals surface area contributed by atoms with E-state index in [-0.39, 0.29) is 24.4 Å². The fourth-order valence-electron chi connectivity index (χ4n) is 3.37. The van der Waals surface area contributed by atoms with Crippen molar-refractivity contribution < 1.29 is 9.59 Å². The standard InChI is InChI=1S/C21H25N3O2S/c1-15-12-20(25)22-18-6-4-5-7-19(18)24(15)21(26)14-23(2)13-16-8-10-17(27-3)11-9-16/h4-11,15H,12-14H2,1-3H3,(H,22,25). The number of nitrogens with zero attached hydrogens (tertiary/aromatic N) is 2. The zero-order chi connectivity index (χ0) is 19.4. The van der Waals surface area contributed by atoms with Crippen molar-refractivity contribution in [3.63, 3.8) is 0 Å². The summed E-state index contributed by atoms with van der Waals surface area (Å²) in [7, 11) is 1.94. The molecule has 0 bridgehead atoms. The van der Waals surface area contributed by atoms with E-state index in [1.165, 1.54) is 10.5 Å². The van der Waals surface area contributed by atoms with Gasteiger partial charge in [-0.2, -0.15) is 0 Å². The summed E-state index contributed by atoms with van der Waals surface area (Å²) in [6.45, 7) is 2.90. The van der Waals surface area contributed by atoms with Crippen molar-refractivity contribution in [1.82, 2.24) is 4.90 Å². The molecule has 1 unspecified atom stereocenters. The lowest BCUT2D eigenvalue weighted by Gasteiger charge is -2.29. The van der Waals surface area contributed by atoms with Crippen LogP contribution in [0.5, 0.6) is 0 Å². The van der Waals surface area contributed by atoms with Gasteiger partial charge in [-0.3, -0.25) is 14.5 Å². The maximum atomic E-state index is 13.1. The molecule has 142 valence electrons. The molecule has 2 aromatic rings. The van der Waals surface area contributed by atoms with Crippen LogP contribution in [0.4, 0.5) is 11.4 Å². The normalized spacial score (nSPS) is 16.7. The minimum Gasteiger partial charge on any atom is -0.324 e. The molecule has 0 fully saturated rings. The number of hydrogen-bond acceptors (Lipinski definition) is 4. The van der Waals surface area contributed by atoms with Gasteiger partial charge in [0.1, 0.15) is 0 Å². The number of nitrogens with one attached hydrogen (secondary N) is 1. The number of amides is 2. The first-order valence-corrected chi connectivity index (χ1v) is 10.2. The lowest BCUT2D eigenvalue weighted by molar-refractivity contribution is -0.120. The number of carbonyl (C=O) groups excluding carboxylic acids is 2. The van der Waals surface area contributed by atoms with Crippen LogP contribution in [0.15, 0.2) is 53.4 Å². The van der Waals surface area contributed by atoms with Crippen molar-refractivity contribution in [2.75, 3.05) is 30.1 Å². The Kier molecular flexibility index (Phi) is 6.19. The highest BCUT2D eigenvalue weighted by molar-refractivity contribution is 7.98. The zero-order valence-electron chi connectivity index (χ0n) is 15.9. The molecule has 1 aliphatic rings. The first-order chi connectivity index (χ1) is 13.0. The third-order valence-corrected chi connectivity index (χ3v) is 5.39. The van der Waals surface area contributed by atoms with E-state index in [2.05, 4.69) is 35.8 Å². The largest absolute Gasteiger partial charge is 0.324 e. The number of para-hydroxylation sites is 2. The summed E-state index contributed by atoms with van der Waals surface area (Å²) in [4.78, 5) is 30.1. The second-order valence-electron chi connectivity index (χ2n) is 6.90. The van der Waals surface area contributed by atoms with E-state index in [0.717, 1.165) is 5.69 Å². The average molecular weight is 384 g/mol. The smallest absolute Gasteiger partial charge is 0.241 e. The SMILES string of the molecule is CSc1ccc(CN(C)CC(=O)N2c3ccccc3NC(=O)CC2C)cc1. The molecule has 2 amide bonds. The Bertz CT molecular complexity index is 822. The van der Waals surface area contributed by atoms with Crippen LogP contribution in [0, 0.1) is 0 Å². The van der Waals surface area contributed by atoms with Crippen LogP contribution in [-0.2, 0) is 16.1 Å². The van der Waals surface area contributed by atoms with Gasteiger partial charge >= 0.3 is 0 Å². The predicted molar refractivity (Wildman–Crippen MR) is 111 cm³/mol. The average Bonchev–Trinajstić information content (AvgIpc) is 2.76. The minimum absolute atomic E-state index is 0.00492. The van der Waals surface area contributed by atoms with Crippen molar-refractivity contribution in [3.05, 3.63) is 54.1 Å². The maximum Gasteiger partial charge on any atom is 0.241 e. The van der Waals surface area contributed by atoms with Gasteiger partial charge < -0.3 is 10.2 Å². The molecule has 1 aliphatic heterocycles. The van der Waals surface area contributed by atoms with Gasteiger partial charge in [-0.15, -0.1) is 11.8 Å². The van der Waals surface area contributed by atoms with Crippen molar-refractivity contribution in [2.24, 2.45) is 0 Å². The number of hydrogen-bond donors (Lipinski definition) is 1. The van der Waals surface area contributed by atoms with Crippen LogP contribution in [0.1, 0.15) is 18.9 Å². The van der Waals surface area contributed by atoms with Gasteiger partial charge in [0, 0.05) is 23.9 Å². The van der Waals surface area contributed by atoms with Gasteiger partial charge in [-0.1, -0.05) is 24.3 Å². The Morgan fingerprint density at radius 1 is 1.22 bits per heavy atom. The molecular weight excluding hydrogens is 358 g/mol. The molecule has 27 heavy (non-hydrogen) atoms. The third-order valence-electron chi connectivity index (χ3n) is 4.64. The summed E-state index contributed by atoms with van der Waals surface area (Å²) in [6, 6.07) is 15.7. The Labute approximate surface area is 164 Å². The fourth-order valence-corrected chi connectivity index (χ4v) is 3.78. The lowest BCUT2D eigenvalue weighted by Crippen LogP contribution is -2.44. The highest BCUT2D eigenvalue weighted by Crippen LogP contribution is 2.31. The number of carbonyl (C=O) groups is 2. The third kappa shape index (κ3) is 4.70. The molecule has 1 heterocycles. The molecule has 1 atom stereocenters. The molecule has 2 aromatic carbocycles. The molecule has 6 heteroatoms. The molecular formula is C21H25N3O2S. The first kappa shape index (κ1) is 19.5. The summed E-state index contributed by atoms with van der Waals surface area (Å²) in [6.07, 6.45) is 2.35. The number of likely N-dealkylation sites (N-methyl/N-ethyl adjacent to an activating group) is 1. The highest BCUT2D eigenvalue weighted by Gasteiger charge is 2.29. The van der Waals surface area contributed by atoms with Crippen molar-refractivity contribution in [1.29, 1.82) is 0 Å². The van der Waals surface area contributed by atoms with Crippen molar-refractivity contribution in [3.8, 4) is 0 Å². The van der Waals surface area contributed by atoms with Crippen molar-refractivity contribution in [2.45, 2.75) is 30.8 Å². The van der Waals surface area contributed by atoms with Gasteiger partial charge in [-0.05, 0) is 50.1 Å². The van der Waals surface area contributed by atoms with E-state index in [9.17, 15) is 9.59 Å². The first-order valence-electron chi connectivity index (χ1n) is 9.00. The number of anilines is 2. The number of rotatable bonds is 5. The number of thioether (sulfide) groups is 1. The summed E-state index contributed by atoms with van der Waals surface area (Å²) in [5.74, 6) is -0.0674.